The summed E-state index contributed by atoms with van der Waals surface area (Å²) in [4.78, 5) is 53.8. The molecule has 570 valence electrons. The fraction of sp³-hybridized carbons (Fsp3) is 0.0280. The van der Waals surface area contributed by atoms with E-state index in [0.29, 0.717) is 63.5 Å². The van der Waals surface area contributed by atoms with Crippen LogP contribution in [0.3, 0.4) is 0 Å². The molecule has 9 aromatic heterocycles. The Bertz CT molecular complexity index is 8450. The Kier molecular flexibility index (Phi) is 15.5. The SMILES string of the molecule is CC1(C)c2ccccc2-c2ccc(-c3nc(-c4cccc5c4sc4cccc(-c6nc(-c7ccccc7)nc(-c7cccc(-c8ccc9c(c8)c8ccc(-c%10nc(-c%11cccc%12c%11sc%11cccc(-c%13nc(-c%14ccccc%14)nc(-c%14ccccc%14)n%13)c%11%12)nc%11c%10oc%10ccccc%10%11)cc8n9-c8ccccc8)c7)n6)c45)nc4c3oc3ccccc34)cc21. The molecule has 1 aliphatic rings. The summed E-state index contributed by atoms with van der Waals surface area (Å²) in [6, 6.07) is 121. The molecule has 0 unspecified atom stereocenters. The molecule has 15 aromatic carbocycles. The van der Waals surface area contributed by atoms with Crippen LogP contribution in [-0.2, 0) is 5.41 Å². The van der Waals surface area contributed by atoms with Crippen LogP contribution in [0.1, 0.15) is 25.0 Å². The summed E-state index contributed by atoms with van der Waals surface area (Å²) in [7, 11) is 0. The maximum Gasteiger partial charge on any atom is 0.180 e. The Balaban J connectivity index is 0.600. The van der Waals surface area contributed by atoms with Gasteiger partial charge < -0.3 is 13.4 Å². The molecule has 13 nitrogen and oxygen atoms in total. The lowest BCUT2D eigenvalue weighted by atomic mass is 9.82. The number of hydrogen-bond donors (Lipinski definition) is 0. The Morgan fingerprint density at radius 3 is 1.24 bits per heavy atom. The molecule has 0 saturated heterocycles. The third-order valence-corrected chi connectivity index (χ3v) is 26.6. The third kappa shape index (κ3) is 11.0. The zero-order valence-corrected chi connectivity index (χ0v) is 67.1. The lowest BCUT2D eigenvalue weighted by Crippen LogP contribution is -2.14. The molecule has 1 aliphatic carbocycles. The fourth-order valence-electron chi connectivity index (χ4n) is 18.4. The fourth-order valence-corrected chi connectivity index (χ4v) is 20.9. The van der Waals surface area contributed by atoms with E-state index in [4.69, 9.17) is 58.7 Å². The standard InChI is InChI=1S/C107H63N11O2S2/c1-107(2)81-45-18-15-36-69(81)70-53-50-65(58-82(70)107)91-95-93(72-37-16-19-46-85(72)119-95)110-105(108-91)78-43-22-40-75-90-77(42-25-49-88(90)122-97(75)78)104-116-101(62-30-11-5-12-31-62)113-102(117-104)67-33-21-32-63(56-67)64-52-55-83-80(57-64)71-54-51-66(59-84(71)118(83)68-34-13-6-14-35-68)92-96-94(73-38-17-20-47-86(73)120-96)111-106(109-92)79-44-23-39-74-89-76(41-24-48-87(89)121-98(74)79)103-114-99(60-26-7-3-8-27-60)112-100(115-103)61-28-9-4-10-29-61/h3-59H,1-2H3. The molecule has 0 spiro atoms. The number of hydrogen-bond acceptors (Lipinski definition) is 14. The molecule has 9 heterocycles. The summed E-state index contributed by atoms with van der Waals surface area (Å²) in [5.74, 6) is 4.68. The summed E-state index contributed by atoms with van der Waals surface area (Å²) in [5.41, 5.74) is 24.7. The van der Waals surface area contributed by atoms with Crippen LogP contribution in [0.25, 0.3) is 248 Å². The summed E-state index contributed by atoms with van der Waals surface area (Å²) in [6.07, 6.45) is 0. The van der Waals surface area contributed by atoms with Crippen molar-refractivity contribution in [2.75, 3.05) is 0 Å². The van der Waals surface area contributed by atoms with E-state index in [0.717, 1.165) is 173 Å². The van der Waals surface area contributed by atoms with E-state index in [1.165, 1.54) is 22.3 Å². The Morgan fingerprint density at radius 1 is 0.254 bits per heavy atom. The van der Waals surface area contributed by atoms with Gasteiger partial charge in [-0.1, -0.05) is 269 Å². The second-order valence-corrected chi connectivity index (χ2v) is 33.7. The average Bonchev–Trinajstić information content (AvgIpc) is 1.57. The van der Waals surface area contributed by atoms with Crippen molar-refractivity contribution in [3.05, 3.63) is 357 Å². The predicted molar refractivity (Wildman–Crippen MR) is 496 cm³/mol. The van der Waals surface area contributed by atoms with Gasteiger partial charge in [0.05, 0.1) is 11.0 Å². The minimum absolute atomic E-state index is 0.213. The van der Waals surface area contributed by atoms with Crippen LogP contribution in [0.2, 0.25) is 0 Å². The first kappa shape index (κ1) is 69.4. The van der Waals surface area contributed by atoms with E-state index in [9.17, 15) is 0 Å². The average molecular weight is 1600 g/mol. The van der Waals surface area contributed by atoms with Crippen LogP contribution in [0, 0.1) is 0 Å². The van der Waals surface area contributed by atoms with Gasteiger partial charge in [-0.3, -0.25) is 0 Å². The number of aromatic nitrogens is 11. The molecule has 25 rings (SSSR count). The van der Waals surface area contributed by atoms with E-state index < -0.39 is 0 Å². The zero-order valence-electron chi connectivity index (χ0n) is 65.5. The van der Waals surface area contributed by atoms with E-state index in [2.05, 4.69) is 249 Å². The maximum atomic E-state index is 6.89. The van der Waals surface area contributed by atoms with Gasteiger partial charge in [0.25, 0.3) is 0 Å². The van der Waals surface area contributed by atoms with E-state index >= 15 is 0 Å². The van der Waals surface area contributed by atoms with Gasteiger partial charge in [-0.05, 0) is 124 Å². The highest BCUT2D eigenvalue weighted by atomic mass is 32.1. The lowest BCUT2D eigenvalue weighted by Gasteiger charge is -2.21. The smallest absolute Gasteiger partial charge is 0.180 e. The number of rotatable bonds is 12. The van der Waals surface area contributed by atoms with Crippen molar-refractivity contribution in [2.24, 2.45) is 0 Å². The van der Waals surface area contributed by atoms with E-state index in [1.807, 2.05) is 115 Å². The van der Waals surface area contributed by atoms with Crippen LogP contribution in [0.15, 0.2) is 355 Å². The topological polar surface area (TPSA) is 160 Å². The Hall–Kier alpha value is -15.7. The van der Waals surface area contributed by atoms with Crippen molar-refractivity contribution in [2.45, 2.75) is 19.3 Å². The molecule has 0 amide bonds. The van der Waals surface area contributed by atoms with Crippen molar-refractivity contribution < 1.29 is 8.83 Å². The molecule has 0 atom stereocenters. The van der Waals surface area contributed by atoms with Gasteiger partial charge in [-0.15, -0.1) is 22.7 Å². The van der Waals surface area contributed by atoms with E-state index in [-0.39, 0.29) is 5.41 Å². The monoisotopic (exact) mass is 1600 g/mol. The summed E-state index contributed by atoms with van der Waals surface area (Å²) in [5, 5.41) is 8.20. The Labute approximate surface area is 705 Å². The second-order valence-electron chi connectivity index (χ2n) is 31.6. The number of nitrogens with zero attached hydrogens (tertiary/aromatic N) is 11. The van der Waals surface area contributed by atoms with Crippen LogP contribution in [0.4, 0.5) is 0 Å². The number of furan rings is 2. The molecule has 15 heteroatoms. The van der Waals surface area contributed by atoms with Crippen molar-refractivity contribution >= 4 is 129 Å². The first-order chi connectivity index (χ1) is 60.2. The van der Waals surface area contributed by atoms with E-state index in [1.54, 1.807) is 22.7 Å². The van der Waals surface area contributed by atoms with Crippen molar-refractivity contribution in [3.8, 4) is 142 Å². The zero-order chi connectivity index (χ0) is 80.4. The third-order valence-electron chi connectivity index (χ3n) is 24.2. The molecular weight excluding hydrogens is 1540 g/mol. The van der Waals surface area contributed by atoms with Crippen LogP contribution < -0.4 is 0 Å². The van der Waals surface area contributed by atoms with Crippen molar-refractivity contribution in [3.63, 3.8) is 0 Å². The minimum Gasteiger partial charge on any atom is -0.452 e. The van der Waals surface area contributed by atoms with Crippen LogP contribution in [-0.4, -0.2) is 54.4 Å². The van der Waals surface area contributed by atoms with Gasteiger partial charge in [0.1, 0.15) is 33.6 Å². The molecule has 24 aromatic rings. The normalized spacial score (nSPS) is 12.6. The first-order valence-electron chi connectivity index (χ1n) is 40.7. The summed E-state index contributed by atoms with van der Waals surface area (Å²) >= 11 is 3.44. The number of fused-ring (bicyclic) bond motifs is 18. The molecule has 0 saturated carbocycles. The van der Waals surface area contributed by atoms with Gasteiger partial charge >= 0.3 is 0 Å². The van der Waals surface area contributed by atoms with Crippen molar-refractivity contribution in [1.82, 2.24) is 54.4 Å². The quantitative estimate of drug-likeness (QED) is 0.114. The van der Waals surface area contributed by atoms with Crippen molar-refractivity contribution in [1.29, 1.82) is 0 Å². The number of para-hydroxylation sites is 3. The second kappa shape index (κ2) is 27.2. The predicted octanol–water partition coefficient (Wildman–Crippen LogP) is 27.9. The minimum atomic E-state index is -0.213. The van der Waals surface area contributed by atoms with Gasteiger partial charge in [-0.2, -0.15) is 0 Å². The summed E-state index contributed by atoms with van der Waals surface area (Å²) < 4.78 is 20.3. The molecule has 122 heavy (non-hydrogen) atoms. The molecule has 0 N–H and O–H groups in total. The first-order valence-corrected chi connectivity index (χ1v) is 42.3. The lowest BCUT2D eigenvalue weighted by molar-refractivity contribution is 0.659. The van der Waals surface area contributed by atoms with Gasteiger partial charge in [0.15, 0.2) is 57.8 Å². The molecular formula is C107H63N11O2S2. The number of thiophene rings is 2. The van der Waals surface area contributed by atoms with Crippen LogP contribution in [0.5, 0.6) is 0 Å². The Morgan fingerprint density at radius 2 is 0.664 bits per heavy atom. The maximum absolute atomic E-state index is 6.89. The highest BCUT2D eigenvalue weighted by Crippen LogP contribution is 2.53. The summed E-state index contributed by atoms with van der Waals surface area (Å²) in [6.45, 7) is 4.62. The highest BCUT2D eigenvalue weighted by Gasteiger charge is 2.36. The highest BCUT2D eigenvalue weighted by molar-refractivity contribution is 7.27. The molecule has 0 aliphatic heterocycles. The van der Waals surface area contributed by atoms with Gasteiger partial charge in [0, 0.05) is 129 Å². The van der Waals surface area contributed by atoms with Gasteiger partial charge in [0.2, 0.25) is 0 Å². The molecule has 0 radical (unpaired) electrons. The number of benzene rings is 15. The van der Waals surface area contributed by atoms with Gasteiger partial charge in [-0.25, -0.2) is 49.8 Å². The molecule has 0 fully saturated rings. The largest absolute Gasteiger partial charge is 0.452 e. The van der Waals surface area contributed by atoms with Crippen LogP contribution >= 0.6 is 22.7 Å². The molecule has 0 bridgehead atoms.